The van der Waals surface area contributed by atoms with Crippen LogP contribution in [0, 0.1) is 6.92 Å². The number of benzene rings is 1. The van der Waals surface area contributed by atoms with Crippen LogP contribution < -0.4 is 10.5 Å². The molecule has 1 heterocycles. The molecule has 82 valence electrons. The van der Waals surface area contributed by atoms with Crippen molar-refractivity contribution in [2.45, 2.75) is 25.9 Å². The van der Waals surface area contributed by atoms with Gasteiger partial charge in [-0.05, 0) is 31.4 Å². The van der Waals surface area contributed by atoms with Gasteiger partial charge in [0.1, 0.15) is 5.75 Å². The number of aliphatic hydroxyl groups excluding tert-OH is 1. The molecule has 0 saturated heterocycles. The standard InChI is InChI=1S/C12H17NO2/c1-8-5-9-3-2-4-15-12(9)10(6-8)11(14)7-13/h5-6,11,14H,2-4,7,13H2,1H3. The molecule has 3 N–H and O–H groups in total. The van der Waals surface area contributed by atoms with Crippen LogP contribution in [0.3, 0.4) is 0 Å². The van der Waals surface area contributed by atoms with Gasteiger partial charge in [-0.2, -0.15) is 0 Å². The van der Waals surface area contributed by atoms with Crippen LogP contribution >= 0.6 is 0 Å². The van der Waals surface area contributed by atoms with Crippen molar-refractivity contribution in [3.63, 3.8) is 0 Å². The summed E-state index contributed by atoms with van der Waals surface area (Å²) in [6.07, 6.45) is 1.47. The van der Waals surface area contributed by atoms with Crippen LogP contribution in [-0.2, 0) is 6.42 Å². The number of aliphatic hydroxyl groups is 1. The number of aryl methyl sites for hydroxylation is 2. The second-order valence-corrected chi connectivity index (χ2v) is 4.05. The molecule has 1 aliphatic rings. The predicted octanol–water partition coefficient (Wildman–Crippen LogP) is 1.31. The number of ether oxygens (including phenoxy) is 1. The van der Waals surface area contributed by atoms with Crippen molar-refractivity contribution in [1.29, 1.82) is 0 Å². The highest BCUT2D eigenvalue weighted by Gasteiger charge is 2.19. The first-order chi connectivity index (χ1) is 7.22. The fraction of sp³-hybridized carbons (Fsp3) is 0.500. The highest BCUT2D eigenvalue weighted by Crippen LogP contribution is 2.33. The van der Waals surface area contributed by atoms with Crippen LogP contribution in [0.15, 0.2) is 12.1 Å². The van der Waals surface area contributed by atoms with Crippen LogP contribution in [0.25, 0.3) is 0 Å². The minimum atomic E-state index is -0.614. The predicted molar refractivity (Wildman–Crippen MR) is 59.0 cm³/mol. The Hall–Kier alpha value is -1.06. The van der Waals surface area contributed by atoms with Crippen LogP contribution in [0.1, 0.15) is 29.2 Å². The highest BCUT2D eigenvalue weighted by molar-refractivity contribution is 5.46. The molecule has 1 aromatic carbocycles. The Morgan fingerprint density at radius 2 is 2.33 bits per heavy atom. The molecule has 15 heavy (non-hydrogen) atoms. The summed E-state index contributed by atoms with van der Waals surface area (Å²) in [5.74, 6) is 0.852. The molecule has 1 aliphatic heterocycles. The van der Waals surface area contributed by atoms with Gasteiger partial charge in [-0.1, -0.05) is 11.6 Å². The number of fused-ring (bicyclic) bond motifs is 1. The van der Waals surface area contributed by atoms with E-state index in [1.807, 2.05) is 13.0 Å². The van der Waals surface area contributed by atoms with Crippen LogP contribution in [0.5, 0.6) is 5.75 Å². The van der Waals surface area contributed by atoms with Crippen molar-refractivity contribution in [3.05, 3.63) is 28.8 Å². The zero-order valence-corrected chi connectivity index (χ0v) is 8.99. The average Bonchev–Trinajstić information content (AvgIpc) is 2.26. The molecule has 0 radical (unpaired) electrons. The van der Waals surface area contributed by atoms with Gasteiger partial charge >= 0.3 is 0 Å². The molecule has 2 rings (SSSR count). The fourth-order valence-corrected chi connectivity index (χ4v) is 2.05. The van der Waals surface area contributed by atoms with Gasteiger partial charge in [-0.15, -0.1) is 0 Å². The summed E-state index contributed by atoms with van der Waals surface area (Å²) in [7, 11) is 0. The molecule has 0 fully saturated rings. The van der Waals surface area contributed by atoms with Crippen molar-refractivity contribution in [3.8, 4) is 5.75 Å². The number of nitrogens with two attached hydrogens (primary N) is 1. The number of rotatable bonds is 2. The maximum absolute atomic E-state index is 9.80. The number of hydrogen-bond donors (Lipinski definition) is 2. The van der Waals surface area contributed by atoms with Crippen molar-refractivity contribution in [1.82, 2.24) is 0 Å². The SMILES string of the molecule is Cc1cc2c(c(C(O)CN)c1)OCCC2. The minimum Gasteiger partial charge on any atom is -0.493 e. The van der Waals surface area contributed by atoms with Crippen LogP contribution in [0.4, 0.5) is 0 Å². The van der Waals surface area contributed by atoms with E-state index < -0.39 is 6.10 Å². The van der Waals surface area contributed by atoms with Gasteiger partial charge in [0.2, 0.25) is 0 Å². The molecule has 0 aromatic heterocycles. The van der Waals surface area contributed by atoms with E-state index >= 15 is 0 Å². The van der Waals surface area contributed by atoms with Gasteiger partial charge in [0, 0.05) is 12.1 Å². The first kappa shape index (κ1) is 10.5. The third-order valence-electron chi connectivity index (χ3n) is 2.76. The summed E-state index contributed by atoms with van der Waals surface area (Å²) in [4.78, 5) is 0. The van der Waals surface area contributed by atoms with E-state index in [0.29, 0.717) is 0 Å². The molecule has 1 aromatic rings. The van der Waals surface area contributed by atoms with Gasteiger partial charge in [0.25, 0.3) is 0 Å². The second-order valence-electron chi connectivity index (χ2n) is 4.05. The van der Waals surface area contributed by atoms with Crippen molar-refractivity contribution in [2.75, 3.05) is 13.2 Å². The normalized spacial score (nSPS) is 16.7. The quantitative estimate of drug-likeness (QED) is 0.768. The first-order valence-corrected chi connectivity index (χ1v) is 5.36. The fourth-order valence-electron chi connectivity index (χ4n) is 2.05. The van der Waals surface area contributed by atoms with E-state index in [9.17, 15) is 5.11 Å². The topological polar surface area (TPSA) is 55.5 Å². The molecule has 0 amide bonds. The summed E-state index contributed by atoms with van der Waals surface area (Å²) in [5.41, 5.74) is 8.67. The third-order valence-corrected chi connectivity index (χ3v) is 2.76. The van der Waals surface area contributed by atoms with Gasteiger partial charge in [0.15, 0.2) is 0 Å². The molecule has 0 bridgehead atoms. The Bertz CT molecular complexity index is 363. The molecule has 1 atom stereocenters. The lowest BCUT2D eigenvalue weighted by molar-refractivity contribution is 0.177. The maximum atomic E-state index is 9.80. The van der Waals surface area contributed by atoms with E-state index in [-0.39, 0.29) is 6.54 Å². The molecule has 3 nitrogen and oxygen atoms in total. The zero-order valence-electron chi connectivity index (χ0n) is 8.99. The van der Waals surface area contributed by atoms with Crippen LogP contribution in [-0.4, -0.2) is 18.3 Å². The highest BCUT2D eigenvalue weighted by atomic mass is 16.5. The largest absolute Gasteiger partial charge is 0.493 e. The van der Waals surface area contributed by atoms with Gasteiger partial charge in [-0.3, -0.25) is 0 Å². The van der Waals surface area contributed by atoms with E-state index in [1.54, 1.807) is 0 Å². The summed E-state index contributed by atoms with van der Waals surface area (Å²) in [6, 6.07) is 4.09. The molecular formula is C12H17NO2. The van der Waals surface area contributed by atoms with Gasteiger partial charge < -0.3 is 15.6 Å². The lowest BCUT2D eigenvalue weighted by Gasteiger charge is -2.23. The lowest BCUT2D eigenvalue weighted by Crippen LogP contribution is -2.17. The zero-order chi connectivity index (χ0) is 10.8. The minimum absolute atomic E-state index is 0.235. The molecule has 0 spiro atoms. The van der Waals surface area contributed by atoms with Crippen molar-refractivity contribution in [2.24, 2.45) is 5.73 Å². The average molecular weight is 207 g/mol. The Labute approximate surface area is 89.9 Å². The summed E-state index contributed by atoms with van der Waals surface area (Å²) < 4.78 is 5.62. The van der Waals surface area contributed by atoms with E-state index in [2.05, 4.69) is 6.07 Å². The summed E-state index contributed by atoms with van der Waals surface area (Å²) in [6.45, 7) is 3.00. The smallest absolute Gasteiger partial charge is 0.128 e. The summed E-state index contributed by atoms with van der Waals surface area (Å²) >= 11 is 0. The van der Waals surface area contributed by atoms with E-state index in [1.165, 1.54) is 5.56 Å². The third kappa shape index (κ3) is 1.98. The maximum Gasteiger partial charge on any atom is 0.128 e. The van der Waals surface area contributed by atoms with Gasteiger partial charge in [0.05, 0.1) is 12.7 Å². The first-order valence-electron chi connectivity index (χ1n) is 5.36. The Morgan fingerprint density at radius 3 is 3.07 bits per heavy atom. The Morgan fingerprint density at radius 1 is 1.53 bits per heavy atom. The molecule has 1 unspecified atom stereocenters. The Kier molecular flexibility index (Phi) is 2.93. The van der Waals surface area contributed by atoms with Gasteiger partial charge in [-0.25, -0.2) is 0 Å². The van der Waals surface area contributed by atoms with E-state index in [0.717, 1.165) is 36.3 Å². The van der Waals surface area contributed by atoms with Crippen molar-refractivity contribution >= 4 is 0 Å². The van der Waals surface area contributed by atoms with Crippen LogP contribution in [0.2, 0.25) is 0 Å². The molecule has 0 saturated carbocycles. The second kappa shape index (κ2) is 4.21. The molecule has 3 heteroatoms. The van der Waals surface area contributed by atoms with E-state index in [4.69, 9.17) is 10.5 Å². The summed E-state index contributed by atoms with van der Waals surface area (Å²) in [5, 5.41) is 9.80. The van der Waals surface area contributed by atoms with Crippen molar-refractivity contribution < 1.29 is 9.84 Å². The Balaban J connectivity index is 2.47. The number of hydrogen-bond acceptors (Lipinski definition) is 3. The monoisotopic (exact) mass is 207 g/mol. The molecular weight excluding hydrogens is 190 g/mol. The lowest BCUT2D eigenvalue weighted by atomic mass is 9.96. The molecule has 0 aliphatic carbocycles.